The summed E-state index contributed by atoms with van der Waals surface area (Å²) in [4.78, 5) is 3.31. The highest BCUT2D eigenvalue weighted by atomic mass is 32.2. The highest BCUT2D eigenvalue weighted by molar-refractivity contribution is 7.97. The smallest absolute Gasteiger partial charge is 0.166 e. The maximum atomic E-state index is 12.5. The quantitative estimate of drug-likeness (QED) is 0.250. The summed E-state index contributed by atoms with van der Waals surface area (Å²) in [6, 6.07) is 31.3. The van der Waals surface area contributed by atoms with E-state index in [2.05, 4.69) is 93.6 Å². The summed E-state index contributed by atoms with van der Waals surface area (Å²) in [5.41, 5.74) is 3.92. The third-order valence-electron chi connectivity index (χ3n) is 4.88. The third kappa shape index (κ3) is 6.78. The molecule has 0 spiro atoms. The van der Waals surface area contributed by atoms with Crippen molar-refractivity contribution in [1.29, 1.82) is 0 Å². The molecule has 3 nitrogen and oxygen atoms in total. The van der Waals surface area contributed by atoms with E-state index in [1.165, 1.54) is 43.5 Å². The average molecular weight is 481 g/mol. The van der Waals surface area contributed by atoms with Crippen molar-refractivity contribution in [3.8, 4) is 0 Å². The molecule has 0 aliphatic rings. The molecule has 0 radical (unpaired) electrons. The monoisotopic (exact) mass is 480 g/mol. The van der Waals surface area contributed by atoms with E-state index in [4.69, 9.17) is 0 Å². The number of halogens is 1. The summed E-state index contributed by atoms with van der Waals surface area (Å²) in [5, 5.41) is 0. The van der Waals surface area contributed by atoms with Gasteiger partial charge in [0.05, 0.1) is 15.8 Å². The van der Waals surface area contributed by atoms with Gasteiger partial charge in [0.25, 0.3) is 0 Å². The first-order chi connectivity index (χ1) is 15.6. The Bertz CT molecular complexity index is 1190. The Morgan fingerprint density at radius 1 is 0.606 bits per heavy atom. The first-order valence-corrected chi connectivity index (χ1v) is 12.9. The Morgan fingerprint density at radius 2 is 0.939 bits per heavy atom. The van der Waals surface area contributed by atoms with Crippen molar-refractivity contribution in [3.63, 3.8) is 0 Å². The zero-order valence-electron chi connectivity index (χ0n) is 18.7. The van der Waals surface area contributed by atoms with E-state index in [0.29, 0.717) is 0 Å². The van der Waals surface area contributed by atoms with Crippen LogP contribution < -0.4 is 0 Å². The van der Waals surface area contributed by atoms with Gasteiger partial charge in [0.1, 0.15) is 15.9 Å². The van der Waals surface area contributed by atoms with Crippen molar-refractivity contribution in [3.05, 3.63) is 120 Å². The number of aryl methyl sites for hydroxylation is 3. The Balaban J connectivity index is 0.000000235. The van der Waals surface area contributed by atoms with Gasteiger partial charge < -0.3 is 4.55 Å². The average Bonchev–Trinajstić information content (AvgIpc) is 2.78. The largest absolute Gasteiger partial charge is 0.744 e. The second-order valence-electron chi connectivity index (χ2n) is 7.63. The van der Waals surface area contributed by atoms with Crippen LogP contribution in [-0.4, -0.2) is 13.0 Å². The molecule has 0 fully saturated rings. The van der Waals surface area contributed by atoms with Gasteiger partial charge in [0, 0.05) is 0 Å². The molecule has 6 heteroatoms. The van der Waals surface area contributed by atoms with Crippen LogP contribution in [-0.2, 0) is 21.0 Å². The molecule has 0 aliphatic carbocycles. The number of hydrogen-bond acceptors (Lipinski definition) is 3. The first-order valence-electron chi connectivity index (χ1n) is 10.3. The number of benzene rings is 4. The Kier molecular flexibility index (Phi) is 8.08. The second-order valence-corrected chi connectivity index (χ2v) is 11.0. The van der Waals surface area contributed by atoms with Gasteiger partial charge in [-0.2, -0.15) is 0 Å². The summed E-state index contributed by atoms with van der Waals surface area (Å²) in [6.07, 6.45) is 0. The molecule has 4 rings (SSSR count). The first kappa shape index (κ1) is 24.7. The van der Waals surface area contributed by atoms with Gasteiger partial charge in [-0.3, -0.25) is 0 Å². The van der Waals surface area contributed by atoms with Crippen molar-refractivity contribution >= 4 is 21.0 Å². The molecule has 170 valence electrons. The summed E-state index contributed by atoms with van der Waals surface area (Å²) >= 11 is 0. The van der Waals surface area contributed by atoms with E-state index in [9.17, 15) is 17.4 Å². The predicted octanol–water partition coefficient (Wildman–Crippen LogP) is 6.44. The van der Waals surface area contributed by atoms with Gasteiger partial charge in [-0.15, -0.1) is 0 Å². The third-order valence-corrected chi connectivity index (χ3v) is 7.98. The predicted molar refractivity (Wildman–Crippen MR) is 130 cm³/mol. The van der Waals surface area contributed by atoms with E-state index >= 15 is 0 Å². The second kappa shape index (κ2) is 10.8. The standard InChI is InChI=1S/C21H21S.C6H5FO3S/c1-16-4-10-19(11-5-16)22(20-12-6-17(2)7-13-20)21-14-8-18(3)9-15-21;7-5-3-1-2-4-6(5)11(8,9)10/h4-15H,1-3H3;1-4H,(H,8,9,10)/q+1;/p-1. The molecule has 0 saturated carbocycles. The Labute approximate surface area is 198 Å². The summed E-state index contributed by atoms with van der Waals surface area (Å²) in [7, 11) is -4.70. The Hall–Kier alpha value is -2.93. The zero-order chi connectivity index (χ0) is 24.0. The van der Waals surface area contributed by atoms with Crippen LogP contribution in [0.25, 0.3) is 0 Å². The van der Waals surface area contributed by atoms with Gasteiger partial charge in [0.15, 0.2) is 14.7 Å². The van der Waals surface area contributed by atoms with Crippen LogP contribution in [0.3, 0.4) is 0 Å². The molecule has 0 heterocycles. The molecular weight excluding hydrogens is 455 g/mol. The fourth-order valence-electron chi connectivity index (χ4n) is 3.08. The zero-order valence-corrected chi connectivity index (χ0v) is 20.3. The van der Waals surface area contributed by atoms with Gasteiger partial charge in [-0.1, -0.05) is 65.2 Å². The minimum atomic E-state index is -4.66. The maximum absolute atomic E-state index is 12.5. The lowest BCUT2D eigenvalue weighted by Crippen LogP contribution is -2.04. The van der Waals surface area contributed by atoms with E-state index in [1.807, 2.05) is 0 Å². The Morgan fingerprint density at radius 3 is 1.21 bits per heavy atom. The SMILES string of the molecule is Cc1ccc([S+](c2ccc(C)cc2)c2ccc(C)cc2)cc1.O=S(=O)([O-])c1ccccc1F. The summed E-state index contributed by atoms with van der Waals surface area (Å²) < 4.78 is 43.3. The molecule has 0 atom stereocenters. The van der Waals surface area contributed by atoms with Crippen molar-refractivity contribution in [1.82, 2.24) is 0 Å². The van der Waals surface area contributed by atoms with E-state index < -0.39 is 20.8 Å². The molecular formula is C27H25FO3S2. The number of hydrogen-bond donors (Lipinski definition) is 0. The number of rotatable bonds is 4. The fraction of sp³-hybridized carbons (Fsp3) is 0.111. The van der Waals surface area contributed by atoms with E-state index in [-0.39, 0.29) is 10.9 Å². The van der Waals surface area contributed by atoms with Crippen LogP contribution in [0.15, 0.2) is 117 Å². The normalized spacial score (nSPS) is 11.1. The fourth-order valence-corrected chi connectivity index (χ4v) is 5.67. The lowest BCUT2D eigenvalue weighted by Gasteiger charge is -2.09. The van der Waals surface area contributed by atoms with Crippen LogP contribution in [0.5, 0.6) is 0 Å². The molecule has 4 aromatic rings. The molecule has 0 bridgehead atoms. The molecule has 33 heavy (non-hydrogen) atoms. The van der Waals surface area contributed by atoms with E-state index in [0.717, 1.165) is 12.1 Å². The van der Waals surface area contributed by atoms with Gasteiger partial charge in [-0.05, 0) is 69.3 Å². The van der Waals surface area contributed by atoms with E-state index in [1.54, 1.807) is 0 Å². The lowest BCUT2D eigenvalue weighted by molar-refractivity contribution is 0.455. The highest BCUT2D eigenvalue weighted by Crippen LogP contribution is 2.31. The molecule has 4 aromatic carbocycles. The summed E-state index contributed by atoms with van der Waals surface area (Å²) in [6.45, 7) is 6.42. The topological polar surface area (TPSA) is 57.2 Å². The molecule has 0 saturated heterocycles. The maximum Gasteiger partial charge on any atom is 0.166 e. The van der Waals surface area contributed by atoms with Crippen molar-refractivity contribution < 1.29 is 17.4 Å². The van der Waals surface area contributed by atoms with Crippen LogP contribution in [0.4, 0.5) is 4.39 Å². The van der Waals surface area contributed by atoms with Gasteiger partial charge in [0.2, 0.25) is 0 Å². The van der Waals surface area contributed by atoms with Crippen molar-refractivity contribution in [2.24, 2.45) is 0 Å². The lowest BCUT2D eigenvalue weighted by atomic mass is 10.2. The molecule has 0 unspecified atom stereocenters. The minimum Gasteiger partial charge on any atom is -0.744 e. The molecule has 0 aliphatic heterocycles. The van der Waals surface area contributed by atoms with Gasteiger partial charge in [-0.25, -0.2) is 12.8 Å². The highest BCUT2D eigenvalue weighted by Gasteiger charge is 2.28. The van der Waals surface area contributed by atoms with Crippen molar-refractivity contribution in [2.45, 2.75) is 40.4 Å². The minimum absolute atomic E-state index is 0.0394. The van der Waals surface area contributed by atoms with Crippen molar-refractivity contribution in [2.75, 3.05) is 0 Å². The summed E-state index contributed by atoms with van der Waals surface area (Å²) in [5.74, 6) is -1.01. The van der Waals surface area contributed by atoms with Crippen LogP contribution >= 0.6 is 0 Å². The molecule has 0 amide bonds. The van der Waals surface area contributed by atoms with Crippen LogP contribution in [0, 0.1) is 26.6 Å². The molecule has 0 aromatic heterocycles. The molecule has 0 N–H and O–H groups in total. The van der Waals surface area contributed by atoms with Gasteiger partial charge >= 0.3 is 0 Å². The van der Waals surface area contributed by atoms with Crippen LogP contribution in [0.1, 0.15) is 16.7 Å². The van der Waals surface area contributed by atoms with Crippen LogP contribution in [0.2, 0.25) is 0 Å².